The Bertz CT molecular complexity index is 969. The van der Waals surface area contributed by atoms with Crippen LogP contribution in [0.4, 0.5) is 5.95 Å². The van der Waals surface area contributed by atoms with Crippen molar-refractivity contribution in [2.24, 2.45) is 0 Å². The van der Waals surface area contributed by atoms with Crippen molar-refractivity contribution in [1.82, 2.24) is 25.2 Å². The number of nitrogens with zero attached hydrogens (tertiary/aromatic N) is 5. The summed E-state index contributed by atoms with van der Waals surface area (Å²) in [6.45, 7) is 5.86. The van der Waals surface area contributed by atoms with E-state index in [1.165, 1.54) is 22.7 Å². The number of hydrogen-bond acceptors (Lipinski definition) is 8. The van der Waals surface area contributed by atoms with Crippen LogP contribution in [0.15, 0.2) is 36.1 Å². The van der Waals surface area contributed by atoms with E-state index >= 15 is 0 Å². The zero-order valence-corrected chi connectivity index (χ0v) is 17.1. The maximum Gasteiger partial charge on any atom is 0.254 e. The zero-order valence-electron chi connectivity index (χ0n) is 16.3. The topological polar surface area (TPSA) is 94.5 Å². The Morgan fingerprint density at radius 2 is 1.97 bits per heavy atom. The van der Waals surface area contributed by atoms with Crippen molar-refractivity contribution in [3.63, 3.8) is 0 Å². The molecule has 1 aliphatic heterocycles. The molecule has 1 fully saturated rings. The van der Waals surface area contributed by atoms with Gasteiger partial charge in [-0.25, -0.2) is 15.0 Å². The van der Waals surface area contributed by atoms with Crippen LogP contribution in [0.2, 0.25) is 0 Å². The van der Waals surface area contributed by atoms with E-state index in [1.54, 1.807) is 11.3 Å². The number of aromatic nitrogens is 3. The third-order valence-electron chi connectivity index (χ3n) is 5.28. The maximum atomic E-state index is 11.9. The number of fused-ring (bicyclic) bond motifs is 1. The highest BCUT2D eigenvalue weighted by Crippen LogP contribution is 2.27. The van der Waals surface area contributed by atoms with Crippen molar-refractivity contribution in [2.45, 2.75) is 13.0 Å². The Morgan fingerprint density at radius 3 is 2.69 bits per heavy atom. The van der Waals surface area contributed by atoms with Gasteiger partial charge in [-0.2, -0.15) is 0 Å². The Balaban J connectivity index is 1.35. The van der Waals surface area contributed by atoms with Gasteiger partial charge in [-0.3, -0.25) is 9.69 Å². The van der Waals surface area contributed by atoms with E-state index in [0.717, 1.165) is 31.7 Å². The number of nitrogens with one attached hydrogen (secondary N) is 1. The number of anilines is 1. The van der Waals surface area contributed by atoms with E-state index in [0.29, 0.717) is 17.6 Å². The normalized spacial score (nSPS) is 16.1. The summed E-state index contributed by atoms with van der Waals surface area (Å²) in [5.74, 6) is 0.362. The Morgan fingerprint density at radius 1 is 1.21 bits per heavy atom. The highest BCUT2D eigenvalue weighted by molar-refractivity contribution is 7.16. The van der Waals surface area contributed by atoms with Gasteiger partial charge >= 0.3 is 0 Å². The first kappa shape index (κ1) is 19.7. The van der Waals surface area contributed by atoms with Crippen LogP contribution in [0.5, 0.6) is 0 Å². The minimum atomic E-state index is -0.277. The molecule has 1 unspecified atom stereocenters. The highest BCUT2D eigenvalue weighted by atomic mass is 32.1. The molecule has 3 aromatic rings. The van der Waals surface area contributed by atoms with Crippen molar-refractivity contribution in [3.05, 3.63) is 47.2 Å². The predicted octanol–water partition coefficient (Wildman–Crippen LogP) is 1.69. The fraction of sp³-hybridized carbons (Fsp3) is 0.400. The molecule has 4 rings (SSSR count). The molecule has 152 valence electrons. The van der Waals surface area contributed by atoms with E-state index < -0.39 is 0 Å². The smallest absolute Gasteiger partial charge is 0.254 e. The minimum absolute atomic E-state index is 0.0922. The van der Waals surface area contributed by atoms with Gasteiger partial charge in [0.25, 0.3) is 5.91 Å². The van der Waals surface area contributed by atoms with E-state index in [-0.39, 0.29) is 19.1 Å². The van der Waals surface area contributed by atoms with Gasteiger partial charge < -0.3 is 15.3 Å². The van der Waals surface area contributed by atoms with Gasteiger partial charge in [-0.05, 0) is 24.6 Å². The molecule has 0 spiro atoms. The summed E-state index contributed by atoms with van der Waals surface area (Å²) in [6, 6.07) is 6.86. The Hall–Kier alpha value is -2.62. The second-order valence-electron chi connectivity index (χ2n) is 7.03. The van der Waals surface area contributed by atoms with Gasteiger partial charge in [0.15, 0.2) is 0 Å². The SMILES string of the molecule is CC(c1ccc2scnc2c1)N1CCN(c2ncc(C(=O)NCCO)cn2)CC1. The average Bonchev–Trinajstić information content (AvgIpc) is 3.25. The van der Waals surface area contributed by atoms with Crippen LogP contribution >= 0.6 is 11.3 Å². The number of piperazine rings is 1. The molecule has 9 heteroatoms. The second-order valence-corrected chi connectivity index (χ2v) is 7.92. The largest absolute Gasteiger partial charge is 0.395 e. The molecule has 1 amide bonds. The first-order chi connectivity index (χ1) is 14.2. The minimum Gasteiger partial charge on any atom is -0.395 e. The lowest BCUT2D eigenvalue weighted by atomic mass is 10.1. The fourth-order valence-corrected chi connectivity index (χ4v) is 4.19. The molecule has 8 nitrogen and oxygen atoms in total. The standard InChI is InChI=1S/C20H24N6O2S/c1-14(15-2-3-18-17(10-15)24-13-29-18)25-5-7-26(8-6-25)20-22-11-16(12-23-20)19(28)21-4-9-27/h2-3,10-14,27H,4-9H2,1H3,(H,21,28). The van der Waals surface area contributed by atoms with Gasteiger partial charge in [0.2, 0.25) is 5.95 Å². The lowest BCUT2D eigenvalue weighted by Gasteiger charge is -2.38. The summed E-state index contributed by atoms with van der Waals surface area (Å²) < 4.78 is 1.22. The molecular formula is C20H24N6O2S. The summed E-state index contributed by atoms with van der Waals surface area (Å²) in [5.41, 5.74) is 4.63. The fourth-order valence-electron chi connectivity index (χ4n) is 3.53. The van der Waals surface area contributed by atoms with E-state index in [1.807, 2.05) is 5.51 Å². The molecule has 1 aliphatic rings. The number of aliphatic hydroxyl groups is 1. The van der Waals surface area contributed by atoms with Gasteiger partial charge in [0.1, 0.15) is 0 Å². The quantitative estimate of drug-likeness (QED) is 0.636. The summed E-state index contributed by atoms with van der Waals surface area (Å²) in [4.78, 5) is 29.6. The summed E-state index contributed by atoms with van der Waals surface area (Å²) in [6.07, 6.45) is 3.07. The molecule has 3 heterocycles. The monoisotopic (exact) mass is 412 g/mol. The first-order valence-corrected chi connectivity index (χ1v) is 10.6. The number of carbonyl (C=O) groups is 1. The molecule has 1 atom stereocenters. The van der Waals surface area contributed by atoms with Crippen molar-refractivity contribution in [1.29, 1.82) is 0 Å². The molecule has 2 aromatic heterocycles. The van der Waals surface area contributed by atoms with Crippen LogP contribution in [-0.2, 0) is 0 Å². The Kier molecular flexibility index (Phi) is 5.98. The highest BCUT2D eigenvalue weighted by Gasteiger charge is 2.24. The van der Waals surface area contributed by atoms with E-state index in [4.69, 9.17) is 5.11 Å². The van der Waals surface area contributed by atoms with Crippen molar-refractivity contribution in [2.75, 3.05) is 44.2 Å². The number of amides is 1. The lowest BCUT2D eigenvalue weighted by molar-refractivity contribution is 0.0944. The van der Waals surface area contributed by atoms with Crippen LogP contribution in [0, 0.1) is 0 Å². The van der Waals surface area contributed by atoms with Crippen LogP contribution < -0.4 is 10.2 Å². The summed E-state index contributed by atoms with van der Waals surface area (Å²) in [5, 5.41) is 11.4. The molecule has 29 heavy (non-hydrogen) atoms. The number of rotatable bonds is 6. The number of thiazole rings is 1. The van der Waals surface area contributed by atoms with Crippen molar-refractivity contribution in [3.8, 4) is 0 Å². The van der Waals surface area contributed by atoms with Crippen LogP contribution in [-0.4, -0.2) is 70.2 Å². The second kappa shape index (κ2) is 8.81. The number of benzene rings is 1. The maximum absolute atomic E-state index is 11.9. The van der Waals surface area contributed by atoms with Crippen LogP contribution in [0.25, 0.3) is 10.2 Å². The molecule has 0 radical (unpaired) electrons. The number of carbonyl (C=O) groups excluding carboxylic acids is 1. The Labute approximate surface area is 173 Å². The molecule has 1 aromatic carbocycles. The van der Waals surface area contributed by atoms with E-state index in [9.17, 15) is 4.79 Å². The van der Waals surface area contributed by atoms with Gasteiger partial charge in [0.05, 0.1) is 27.9 Å². The number of aliphatic hydroxyl groups excluding tert-OH is 1. The summed E-state index contributed by atoms with van der Waals surface area (Å²) in [7, 11) is 0. The van der Waals surface area contributed by atoms with Crippen molar-refractivity contribution >= 4 is 33.4 Å². The van der Waals surface area contributed by atoms with Gasteiger partial charge in [-0.1, -0.05) is 6.07 Å². The molecule has 0 aliphatic carbocycles. The van der Waals surface area contributed by atoms with Crippen LogP contribution in [0.1, 0.15) is 28.9 Å². The van der Waals surface area contributed by atoms with Gasteiger partial charge in [0, 0.05) is 51.2 Å². The van der Waals surface area contributed by atoms with Crippen LogP contribution in [0.3, 0.4) is 0 Å². The molecule has 0 bridgehead atoms. The molecule has 2 N–H and O–H groups in total. The lowest BCUT2D eigenvalue weighted by Crippen LogP contribution is -2.47. The molecule has 1 saturated heterocycles. The zero-order chi connectivity index (χ0) is 20.2. The average molecular weight is 413 g/mol. The van der Waals surface area contributed by atoms with E-state index in [2.05, 4.69) is 55.2 Å². The predicted molar refractivity (Wildman–Crippen MR) is 113 cm³/mol. The van der Waals surface area contributed by atoms with Crippen molar-refractivity contribution < 1.29 is 9.90 Å². The third-order valence-corrected chi connectivity index (χ3v) is 6.09. The number of hydrogen-bond donors (Lipinski definition) is 2. The third kappa shape index (κ3) is 4.36. The molecular weight excluding hydrogens is 388 g/mol. The van der Waals surface area contributed by atoms with Gasteiger partial charge in [-0.15, -0.1) is 11.3 Å². The first-order valence-electron chi connectivity index (χ1n) is 9.69. The molecule has 0 saturated carbocycles. The summed E-state index contributed by atoms with van der Waals surface area (Å²) >= 11 is 1.67.